The molecule has 6 atom stereocenters. The minimum Gasteiger partial charge on any atom is -0.394 e. The SMILES string of the molecule is C[C@H]1[C@H]([Si](C)(C)F)[C@@H](CC(=O)N2Cc3ccccc3C[C@H]2CO)O[C@H]1CCc1cccc(NC(=O)C2CCCNC2)c1. The number of nitrogens with one attached hydrogen (secondary N) is 2. The average Bonchev–Trinajstić information content (AvgIpc) is 3.30. The van der Waals surface area contributed by atoms with E-state index in [1.807, 2.05) is 42.5 Å². The average molecular weight is 596 g/mol. The second-order valence-corrected chi connectivity index (χ2v) is 16.8. The number of benzene rings is 2. The van der Waals surface area contributed by atoms with E-state index in [0.29, 0.717) is 25.9 Å². The zero-order valence-electron chi connectivity index (χ0n) is 25.2. The highest BCUT2D eigenvalue weighted by Crippen LogP contribution is 2.47. The summed E-state index contributed by atoms with van der Waals surface area (Å²) in [4.78, 5) is 28.1. The maximum atomic E-state index is 15.7. The lowest BCUT2D eigenvalue weighted by molar-refractivity contribution is -0.138. The molecular formula is C33H46FN3O4Si. The molecule has 3 aliphatic heterocycles. The molecule has 2 amide bonds. The first kappa shape index (κ1) is 30.9. The highest BCUT2D eigenvalue weighted by Gasteiger charge is 2.52. The van der Waals surface area contributed by atoms with Gasteiger partial charge in [0.25, 0.3) is 0 Å². The zero-order valence-corrected chi connectivity index (χ0v) is 26.2. The quantitative estimate of drug-likeness (QED) is 0.285. The third-order valence-electron chi connectivity index (χ3n) is 9.54. The molecule has 0 aliphatic carbocycles. The zero-order chi connectivity index (χ0) is 29.9. The van der Waals surface area contributed by atoms with Gasteiger partial charge in [-0.25, -0.2) is 0 Å². The van der Waals surface area contributed by atoms with Crippen LogP contribution in [-0.2, 0) is 33.7 Å². The molecule has 5 rings (SSSR count). The third-order valence-corrected chi connectivity index (χ3v) is 12.0. The van der Waals surface area contributed by atoms with Crippen LogP contribution in [0.1, 0.15) is 49.3 Å². The topological polar surface area (TPSA) is 90.9 Å². The van der Waals surface area contributed by atoms with Crippen molar-refractivity contribution in [3.8, 4) is 0 Å². The number of aryl methyl sites for hydroxylation is 1. The Labute approximate surface area is 250 Å². The predicted octanol–water partition coefficient (Wildman–Crippen LogP) is 4.84. The van der Waals surface area contributed by atoms with Crippen molar-refractivity contribution in [1.29, 1.82) is 0 Å². The van der Waals surface area contributed by atoms with E-state index >= 15 is 4.11 Å². The fourth-order valence-electron chi connectivity index (χ4n) is 7.34. The molecule has 42 heavy (non-hydrogen) atoms. The smallest absolute Gasteiger partial charge is 0.246 e. The number of rotatable bonds is 9. The van der Waals surface area contributed by atoms with Crippen LogP contribution in [0.4, 0.5) is 9.80 Å². The Bertz CT molecular complexity index is 1250. The number of anilines is 1. The van der Waals surface area contributed by atoms with Crippen LogP contribution < -0.4 is 10.6 Å². The van der Waals surface area contributed by atoms with E-state index in [1.165, 1.54) is 0 Å². The van der Waals surface area contributed by atoms with Crippen LogP contribution in [0.2, 0.25) is 18.6 Å². The molecule has 2 aromatic rings. The van der Waals surface area contributed by atoms with Gasteiger partial charge in [0.2, 0.25) is 20.2 Å². The van der Waals surface area contributed by atoms with Crippen LogP contribution >= 0.6 is 0 Å². The highest BCUT2D eigenvalue weighted by atomic mass is 28.4. The number of nitrogens with zero attached hydrogens (tertiary/aromatic N) is 1. The van der Waals surface area contributed by atoms with Crippen LogP contribution in [0.25, 0.3) is 0 Å². The summed E-state index contributed by atoms with van der Waals surface area (Å²) >= 11 is 0. The van der Waals surface area contributed by atoms with Gasteiger partial charge in [0, 0.05) is 24.3 Å². The van der Waals surface area contributed by atoms with Crippen LogP contribution in [0.15, 0.2) is 48.5 Å². The van der Waals surface area contributed by atoms with Crippen molar-refractivity contribution in [3.05, 3.63) is 65.2 Å². The van der Waals surface area contributed by atoms with E-state index in [-0.39, 0.29) is 54.4 Å². The van der Waals surface area contributed by atoms with Crippen molar-refractivity contribution in [1.82, 2.24) is 10.2 Å². The summed E-state index contributed by atoms with van der Waals surface area (Å²) < 4.78 is 22.3. The van der Waals surface area contributed by atoms with Gasteiger partial charge in [0.05, 0.1) is 37.2 Å². The molecule has 7 nitrogen and oxygen atoms in total. The first-order valence-corrected chi connectivity index (χ1v) is 18.5. The summed E-state index contributed by atoms with van der Waals surface area (Å²) in [6.45, 7) is 7.54. The van der Waals surface area contributed by atoms with Crippen molar-refractivity contribution >= 4 is 25.9 Å². The monoisotopic (exact) mass is 595 g/mol. The Kier molecular flexibility index (Phi) is 9.82. The number of hydrogen-bond acceptors (Lipinski definition) is 5. The van der Waals surface area contributed by atoms with Gasteiger partial charge in [0.1, 0.15) is 0 Å². The molecule has 0 bridgehead atoms. The highest BCUT2D eigenvalue weighted by molar-refractivity contribution is 6.72. The molecule has 3 heterocycles. The van der Waals surface area contributed by atoms with Crippen LogP contribution in [0.3, 0.4) is 0 Å². The number of amides is 2. The number of fused-ring (bicyclic) bond motifs is 1. The maximum Gasteiger partial charge on any atom is 0.246 e. The van der Waals surface area contributed by atoms with E-state index in [0.717, 1.165) is 48.2 Å². The first-order chi connectivity index (χ1) is 20.1. The Morgan fingerprint density at radius 2 is 1.93 bits per heavy atom. The van der Waals surface area contributed by atoms with Crippen molar-refractivity contribution in [2.45, 2.75) is 88.9 Å². The summed E-state index contributed by atoms with van der Waals surface area (Å²) in [5, 5.41) is 16.4. The van der Waals surface area contributed by atoms with Gasteiger partial charge in [0.15, 0.2) is 0 Å². The second kappa shape index (κ2) is 13.4. The minimum atomic E-state index is -3.14. The lowest BCUT2D eigenvalue weighted by Gasteiger charge is -2.37. The van der Waals surface area contributed by atoms with Gasteiger partial charge < -0.3 is 29.5 Å². The minimum absolute atomic E-state index is 0.00715. The number of hydrogen-bond donors (Lipinski definition) is 3. The van der Waals surface area contributed by atoms with E-state index in [9.17, 15) is 14.7 Å². The van der Waals surface area contributed by atoms with E-state index in [2.05, 4.69) is 23.6 Å². The third kappa shape index (κ3) is 7.13. The molecule has 0 radical (unpaired) electrons. The molecule has 3 N–H and O–H groups in total. The van der Waals surface area contributed by atoms with Crippen LogP contribution in [0.5, 0.6) is 0 Å². The number of aliphatic hydroxyl groups excluding tert-OH is 1. The molecule has 228 valence electrons. The van der Waals surface area contributed by atoms with Crippen molar-refractivity contribution in [2.24, 2.45) is 11.8 Å². The van der Waals surface area contributed by atoms with Crippen molar-refractivity contribution in [2.75, 3.05) is 25.0 Å². The molecular weight excluding hydrogens is 549 g/mol. The molecule has 9 heteroatoms. The number of ether oxygens (including phenoxy) is 1. The Morgan fingerprint density at radius 1 is 1.14 bits per heavy atom. The fourth-order valence-corrected chi connectivity index (χ4v) is 9.89. The number of carbonyl (C=O) groups is 2. The fraction of sp³-hybridized carbons (Fsp3) is 0.576. The molecule has 3 aliphatic rings. The molecule has 2 fully saturated rings. The molecule has 2 saturated heterocycles. The van der Waals surface area contributed by atoms with Crippen molar-refractivity contribution in [3.63, 3.8) is 0 Å². The molecule has 0 aromatic heterocycles. The van der Waals surface area contributed by atoms with E-state index < -0.39 is 14.5 Å². The van der Waals surface area contributed by atoms with Gasteiger partial charge in [-0.1, -0.05) is 43.3 Å². The summed E-state index contributed by atoms with van der Waals surface area (Å²) in [5.74, 6) is -0.0429. The summed E-state index contributed by atoms with van der Waals surface area (Å²) in [6.07, 6.45) is 3.48. The van der Waals surface area contributed by atoms with Crippen LogP contribution in [0, 0.1) is 11.8 Å². The Balaban J connectivity index is 1.22. The van der Waals surface area contributed by atoms with Gasteiger partial charge >= 0.3 is 0 Å². The number of aliphatic hydroxyl groups is 1. The second-order valence-electron chi connectivity index (χ2n) is 13.0. The largest absolute Gasteiger partial charge is 0.394 e. The standard InChI is InChI=1S/C33H46FN3O4Si/c1-22-29(14-13-23-8-6-12-27(16-23)36-33(40)25-11-7-15-35-19-25)41-30(32(22)42(2,3)34)18-31(39)37-20-26-10-5-4-9-24(26)17-28(37)21-38/h4-6,8-10,12,16,22,25,28-30,32,35,38H,7,11,13-15,17-21H2,1-3H3,(H,36,40)/t22-,25?,28+,29+,30-,32+/m1/s1. The first-order valence-electron chi connectivity index (χ1n) is 15.6. The Hall–Kier alpha value is -2.59. The van der Waals surface area contributed by atoms with E-state index in [4.69, 9.17) is 4.74 Å². The predicted molar refractivity (Wildman–Crippen MR) is 165 cm³/mol. The molecule has 2 aromatic carbocycles. The maximum absolute atomic E-state index is 15.7. The van der Waals surface area contributed by atoms with Gasteiger partial charge in [-0.05, 0) is 86.5 Å². The molecule has 0 saturated carbocycles. The normalized spacial score (nSPS) is 27.9. The summed E-state index contributed by atoms with van der Waals surface area (Å²) in [7, 11) is -3.14. The van der Waals surface area contributed by atoms with Gasteiger partial charge in [-0.2, -0.15) is 0 Å². The Morgan fingerprint density at radius 3 is 2.64 bits per heavy atom. The summed E-state index contributed by atoms with van der Waals surface area (Å²) in [5.41, 5.74) is 3.86. The van der Waals surface area contributed by atoms with E-state index in [1.54, 1.807) is 18.0 Å². The lowest BCUT2D eigenvalue weighted by Crippen LogP contribution is -2.48. The number of piperidine rings is 1. The number of carbonyl (C=O) groups excluding carboxylic acids is 2. The summed E-state index contributed by atoms with van der Waals surface area (Å²) in [6, 6.07) is 15.7. The van der Waals surface area contributed by atoms with Gasteiger partial charge in [-0.15, -0.1) is 0 Å². The van der Waals surface area contributed by atoms with Crippen LogP contribution in [-0.4, -0.2) is 68.2 Å². The molecule has 1 unspecified atom stereocenters. The van der Waals surface area contributed by atoms with Gasteiger partial charge in [-0.3, -0.25) is 9.59 Å². The lowest BCUT2D eigenvalue weighted by atomic mass is 9.93. The number of halogens is 1. The molecule has 0 spiro atoms. The van der Waals surface area contributed by atoms with Crippen molar-refractivity contribution < 1.29 is 23.5 Å².